The summed E-state index contributed by atoms with van der Waals surface area (Å²) in [4.78, 5) is 12.2. The average Bonchev–Trinajstić information content (AvgIpc) is 2.77. The van der Waals surface area contributed by atoms with Crippen molar-refractivity contribution >= 4 is 5.97 Å². The predicted octanol–water partition coefficient (Wildman–Crippen LogP) is 4.94. The Morgan fingerprint density at radius 2 is 1.57 bits per heavy atom. The van der Waals surface area contributed by atoms with Crippen molar-refractivity contribution in [2.24, 2.45) is 5.73 Å². The maximum atomic E-state index is 12.2. The van der Waals surface area contributed by atoms with E-state index in [1.807, 2.05) is 42.5 Å². The number of nitrogens with two attached hydrogens (primary N) is 1. The molecule has 1 unspecified atom stereocenters. The number of hydrogen-bond acceptors (Lipinski definition) is 5. The molecule has 0 spiro atoms. The summed E-state index contributed by atoms with van der Waals surface area (Å²) in [5.41, 5.74) is 7.68. The predicted molar refractivity (Wildman–Crippen MR) is 117 cm³/mol. The first-order valence-electron chi connectivity index (χ1n) is 11.0. The van der Waals surface area contributed by atoms with Crippen molar-refractivity contribution in [3.63, 3.8) is 0 Å². The van der Waals surface area contributed by atoms with E-state index < -0.39 is 12.0 Å². The number of carbonyl (C=O) groups is 1. The van der Waals surface area contributed by atoms with Crippen LogP contribution in [-0.4, -0.2) is 25.3 Å². The monoisotopic (exact) mass is 411 g/mol. The molecule has 0 bridgehead atoms. The standard InChI is InChI=1S/C25H33NO4/c26-24(25(27)30-19-20-9-5-4-6-10-20)21-13-15-23(16-14-21)29-18-17-28-22-11-7-2-1-3-8-12-22/h4-6,9-10,13-16,22,24H,1-3,7-8,11-12,17-19,26H2. The highest BCUT2D eigenvalue weighted by molar-refractivity contribution is 5.77. The zero-order chi connectivity index (χ0) is 21.0. The number of ether oxygens (including phenoxy) is 3. The van der Waals surface area contributed by atoms with Gasteiger partial charge in [0, 0.05) is 0 Å². The van der Waals surface area contributed by atoms with E-state index in [1.165, 1.54) is 32.1 Å². The summed E-state index contributed by atoms with van der Waals surface area (Å²) in [7, 11) is 0. The summed E-state index contributed by atoms with van der Waals surface area (Å²) in [6.45, 7) is 1.33. The van der Waals surface area contributed by atoms with Gasteiger partial charge in [0.1, 0.15) is 25.0 Å². The second kappa shape index (κ2) is 12.4. The molecule has 1 saturated carbocycles. The SMILES string of the molecule is NC(C(=O)OCc1ccccc1)c1ccc(OCCOC2CCCCCCC2)cc1. The van der Waals surface area contributed by atoms with Gasteiger partial charge >= 0.3 is 5.97 Å². The molecule has 5 nitrogen and oxygen atoms in total. The lowest BCUT2D eigenvalue weighted by atomic mass is 9.99. The Balaban J connectivity index is 1.37. The number of benzene rings is 2. The lowest BCUT2D eigenvalue weighted by Crippen LogP contribution is -2.23. The summed E-state index contributed by atoms with van der Waals surface area (Å²) >= 11 is 0. The van der Waals surface area contributed by atoms with Crippen molar-refractivity contribution in [3.8, 4) is 5.75 Å². The van der Waals surface area contributed by atoms with Gasteiger partial charge in [0.05, 0.1) is 12.7 Å². The highest BCUT2D eigenvalue weighted by Gasteiger charge is 2.17. The summed E-state index contributed by atoms with van der Waals surface area (Å²) < 4.78 is 17.1. The fourth-order valence-corrected chi connectivity index (χ4v) is 3.69. The van der Waals surface area contributed by atoms with Crippen LogP contribution in [-0.2, 0) is 20.9 Å². The Bertz CT molecular complexity index is 740. The van der Waals surface area contributed by atoms with Crippen molar-refractivity contribution in [3.05, 3.63) is 65.7 Å². The molecule has 1 aliphatic rings. The summed E-state index contributed by atoms with van der Waals surface area (Å²) in [6, 6.07) is 16.0. The third kappa shape index (κ3) is 7.47. The lowest BCUT2D eigenvalue weighted by molar-refractivity contribution is -0.146. The van der Waals surface area contributed by atoms with E-state index in [4.69, 9.17) is 19.9 Å². The number of carbonyl (C=O) groups excluding carboxylic acids is 1. The first kappa shape index (κ1) is 22.3. The number of rotatable bonds is 9. The molecule has 2 N–H and O–H groups in total. The largest absolute Gasteiger partial charge is 0.491 e. The minimum Gasteiger partial charge on any atom is -0.491 e. The highest BCUT2D eigenvalue weighted by atomic mass is 16.5. The van der Waals surface area contributed by atoms with Gasteiger partial charge in [-0.25, -0.2) is 4.79 Å². The van der Waals surface area contributed by atoms with Crippen LogP contribution in [0.3, 0.4) is 0 Å². The van der Waals surface area contributed by atoms with Gasteiger partial charge in [-0.1, -0.05) is 74.6 Å². The number of esters is 1. The molecule has 0 radical (unpaired) electrons. The second-order valence-electron chi connectivity index (χ2n) is 7.83. The van der Waals surface area contributed by atoms with Crippen LogP contribution in [0.5, 0.6) is 5.75 Å². The Morgan fingerprint density at radius 3 is 2.27 bits per heavy atom. The van der Waals surface area contributed by atoms with Crippen LogP contribution < -0.4 is 10.5 Å². The Morgan fingerprint density at radius 1 is 0.900 bits per heavy atom. The third-order valence-electron chi connectivity index (χ3n) is 5.47. The molecule has 1 aliphatic carbocycles. The van der Waals surface area contributed by atoms with Crippen molar-refractivity contribution in [1.82, 2.24) is 0 Å². The van der Waals surface area contributed by atoms with Crippen LogP contribution in [0.15, 0.2) is 54.6 Å². The van der Waals surface area contributed by atoms with E-state index in [0.29, 0.717) is 24.9 Å². The van der Waals surface area contributed by atoms with Gasteiger partial charge in [-0.2, -0.15) is 0 Å². The van der Waals surface area contributed by atoms with Gasteiger partial charge in [0.2, 0.25) is 0 Å². The lowest BCUT2D eigenvalue weighted by Gasteiger charge is -2.20. The molecule has 0 saturated heterocycles. The van der Waals surface area contributed by atoms with E-state index in [-0.39, 0.29) is 6.61 Å². The highest BCUT2D eigenvalue weighted by Crippen LogP contribution is 2.20. The van der Waals surface area contributed by atoms with E-state index in [0.717, 1.165) is 24.2 Å². The fraction of sp³-hybridized carbons (Fsp3) is 0.480. The van der Waals surface area contributed by atoms with Crippen molar-refractivity contribution in [2.45, 2.75) is 63.7 Å². The fourth-order valence-electron chi connectivity index (χ4n) is 3.69. The minimum absolute atomic E-state index is 0.218. The van der Waals surface area contributed by atoms with Crippen LogP contribution in [0.4, 0.5) is 0 Å². The molecule has 5 heteroatoms. The van der Waals surface area contributed by atoms with Crippen molar-refractivity contribution in [2.75, 3.05) is 13.2 Å². The van der Waals surface area contributed by atoms with Gasteiger partial charge in [-0.05, 0) is 36.1 Å². The average molecular weight is 412 g/mol. The molecule has 0 heterocycles. The van der Waals surface area contributed by atoms with Gasteiger partial charge in [0.25, 0.3) is 0 Å². The Labute approximate surface area is 179 Å². The molecule has 0 amide bonds. The Hall–Kier alpha value is -2.37. The van der Waals surface area contributed by atoms with Crippen LogP contribution >= 0.6 is 0 Å². The molecule has 30 heavy (non-hydrogen) atoms. The van der Waals surface area contributed by atoms with Gasteiger partial charge in [-0.3, -0.25) is 0 Å². The van der Waals surface area contributed by atoms with Gasteiger partial charge in [0.15, 0.2) is 0 Å². The quantitative estimate of drug-likeness (QED) is 0.467. The minimum atomic E-state index is -0.814. The molecule has 2 aromatic rings. The molecule has 0 aliphatic heterocycles. The Kier molecular flexibility index (Phi) is 9.19. The molecule has 1 atom stereocenters. The van der Waals surface area contributed by atoms with Crippen LogP contribution in [0.2, 0.25) is 0 Å². The second-order valence-corrected chi connectivity index (χ2v) is 7.83. The molecular weight excluding hydrogens is 378 g/mol. The van der Waals surface area contributed by atoms with Gasteiger partial charge in [-0.15, -0.1) is 0 Å². The first-order valence-corrected chi connectivity index (χ1v) is 11.0. The van der Waals surface area contributed by atoms with E-state index >= 15 is 0 Å². The van der Waals surface area contributed by atoms with Crippen LogP contribution in [0, 0.1) is 0 Å². The zero-order valence-corrected chi connectivity index (χ0v) is 17.6. The first-order chi connectivity index (χ1) is 14.7. The van der Waals surface area contributed by atoms with Crippen LogP contribution in [0.25, 0.3) is 0 Å². The van der Waals surface area contributed by atoms with Crippen molar-refractivity contribution in [1.29, 1.82) is 0 Å². The summed E-state index contributed by atoms with van der Waals surface area (Å²) in [6.07, 6.45) is 9.23. The molecule has 3 rings (SSSR count). The van der Waals surface area contributed by atoms with Crippen LogP contribution in [0.1, 0.15) is 62.1 Å². The van der Waals surface area contributed by atoms with E-state index in [1.54, 1.807) is 12.1 Å². The topological polar surface area (TPSA) is 70.8 Å². The molecule has 162 valence electrons. The molecule has 1 fully saturated rings. The smallest absolute Gasteiger partial charge is 0.327 e. The number of hydrogen-bond donors (Lipinski definition) is 1. The van der Waals surface area contributed by atoms with Gasteiger partial charge < -0.3 is 19.9 Å². The zero-order valence-electron chi connectivity index (χ0n) is 17.6. The summed E-state index contributed by atoms with van der Waals surface area (Å²) in [5.74, 6) is 0.296. The maximum absolute atomic E-state index is 12.2. The van der Waals surface area contributed by atoms with E-state index in [9.17, 15) is 4.79 Å². The molecule has 0 aromatic heterocycles. The maximum Gasteiger partial charge on any atom is 0.327 e. The normalized spacial score (nSPS) is 16.3. The van der Waals surface area contributed by atoms with Crippen molar-refractivity contribution < 1.29 is 19.0 Å². The summed E-state index contributed by atoms with van der Waals surface area (Å²) in [5, 5.41) is 0. The van der Waals surface area contributed by atoms with E-state index in [2.05, 4.69) is 0 Å². The third-order valence-corrected chi connectivity index (χ3v) is 5.47. The molecular formula is C25H33NO4. The molecule has 2 aromatic carbocycles.